The quantitative estimate of drug-likeness (QED) is 0.787. The van der Waals surface area contributed by atoms with Gasteiger partial charge in [-0.2, -0.15) is 5.10 Å². The van der Waals surface area contributed by atoms with Crippen molar-refractivity contribution in [2.45, 2.75) is 46.6 Å². The second kappa shape index (κ2) is 3.64. The summed E-state index contributed by atoms with van der Waals surface area (Å²) < 4.78 is 1.94. The van der Waals surface area contributed by atoms with Crippen LogP contribution in [-0.4, -0.2) is 9.78 Å². The van der Waals surface area contributed by atoms with Crippen LogP contribution in [-0.2, 0) is 12.0 Å². The second-order valence-corrected chi connectivity index (χ2v) is 5.24. The van der Waals surface area contributed by atoms with Gasteiger partial charge in [0.05, 0.1) is 16.9 Å². The topological polar surface area (TPSA) is 43.8 Å². The van der Waals surface area contributed by atoms with E-state index in [1.807, 2.05) is 10.9 Å². The highest BCUT2D eigenvalue weighted by Gasteiger charge is 2.16. The van der Waals surface area contributed by atoms with Crippen molar-refractivity contribution in [3.63, 3.8) is 0 Å². The molecule has 0 saturated heterocycles. The van der Waals surface area contributed by atoms with Crippen LogP contribution >= 0.6 is 0 Å². The minimum Gasteiger partial charge on any atom is -0.396 e. The smallest absolute Gasteiger partial charge is 0.0856 e. The number of nitrogens with two attached hydrogens (primary N) is 1. The fraction of sp³-hybridized carbons (Fsp3) is 0.727. The highest BCUT2D eigenvalue weighted by molar-refractivity contribution is 5.41. The normalized spacial score (nSPS) is 12.4. The summed E-state index contributed by atoms with van der Waals surface area (Å²) >= 11 is 0. The lowest BCUT2D eigenvalue weighted by molar-refractivity contribution is 0.352. The highest BCUT2D eigenvalue weighted by Crippen LogP contribution is 2.19. The molecule has 1 heterocycles. The first-order valence-corrected chi connectivity index (χ1v) is 5.15. The summed E-state index contributed by atoms with van der Waals surface area (Å²) in [7, 11) is 0. The van der Waals surface area contributed by atoms with Gasteiger partial charge in [0.25, 0.3) is 0 Å². The van der Waals surface area contributed by atoms with Gasteiger partial charge in [-0.3, -0.25) is 4.68 Å². The molecule has 0 spiro atoms. The minimum atomic E-state index is 0.0172. The zero-order valence-electron chi connectivity index (χ0n) is 9.83. The van der Waals surface area contributed by atoms with E-state index < -0.39 is 0 Å². The van der Waals surface area contributed by atoms with Gasteiger partial charge >= 0.3 is 0 Å². The van der Waals surface area contributed by atoms with Crippen LogP contribution in [0.1, 0.15) is 40.3 Å². The fourth-order valence-electron chi connectivity index (χ4n) is 1.31. The van der Waals surface area contributed by atoms with Crippen LogP contribution in [0.15, 0.2) is 6.20 Å². The summed E-state index contributed by atoms with van der Waals surface area (Å²) in [5.41, 5.74) is 7.76. The molecule has 1 aromatic heterocycles. The molecule has 0 unspecified atom stereocenters. The van der Waals surface area contributed by atoms with E-state index in [0.717, 1.165) is 17.8 Å². The summed E-state index contributed by atoms with van der Waals surface area (Å²) in [5.74, 6) is 0.598. The van der Waals surface area contributed by atoms with E-state index >= 15 is 0 Å². The van der Waals surface area contributed by atoms with E-state index in [4.69, 9.17) is 5.73 Å². The van der Waals surface area contributed by atoms with Crippen LogP contribution in [0.3, 0.4) is 0 Å². The van der Waals surface area contributed by atoms with E-state index in [1.54, 1.807) is 0 Å². The Morgan fingerprint density at radius 1 is 1.43 bits per heavy atom. The minimum absolute atomic E-state index is 0.0172. The predicted molar refractivity (Wildman–Crippen MR) is 60.2 cm³/mol. The Labute approximate surface area is 86.3 Å². The average Bonchev–Trinajstić information content (AvgIpc) is 2.30. The number of anilines is 1. The Kier molecular flexibility index (Phi) is 2.88. The standard InChI is InChI=1S/C11H21N3/c1-8(2)6-10-9(12)7-14(13-10)11(3,4)5/h7-8H,6,12H2,1-5H3. The van der Waals surface area contributed by atoms with Gasteiger partial charge in [-0.15, -0.1) is 0 Å². The van der Waals surface area contributed by atoms with E-state index in [1.165, 1.54) is 0 Å². The molecule has 0 amide bonds. The molecule has 80 valence electrons. The third-order valence-corrected chi connectivity index (χ3v) is 2.11. The number of hydrogen-bond acceptors (Lipinski definition) is 2. The summed E-state index contributed by atoms with van der Waals surface area (Å²) in [6, 6.07) is 0. The lowest BCUT2D eigenvalue weighted by Crippen LogP contribution is -2.22. The van der Waals surface area contributed by atoms with Crippen molar-refractivity contribution in [1.82, 2.24) is 9.78 Å². The van der Waals surface area contributed by atoms with Crippen LogP contribution in [0.2, 0.25) is 0 Å². The van der Waals surface area contributed by atoms with Gasteiger partial charge in [-0.25, -0.2) is 0 Å². The zero-order valence-corrected chi connectivity index (χ0v) is 9.83. The molecule has 3 nitrogen and oxygen atoms in total. The first-order valence-electron chi connectivity index (χ1n) is 5.15. The molecule has 1 rings (SSSR count). The van der Waals surface area contributed by atoms with Crippen LogP contribution in [0.4, 0.5) is 5.69 Å². The largest absolute Gasteiger partial charge is 0.396 e. The molecule has 0 aliphatic heterocycles. The third-order valence-electron chi connectivity index (χ3n) is 2.11. The van der Waals surface area contributed by atoms with Crippen molar-refractivity contribution in [3.05, 3.63) is 11.9 Å². The van der Waals surface area contributed by atoms with Gasteiger partial charge in [-0.05, 0) is 33.1 Å². The molecule has 0 fully saturated rings. The maximum atomic E-state index is 5.90. The third kappa shape index (κ3) is 2.50. The molecule has 0 bridgehead atoms. The molecule has 1 aromatic rings. The second-order valence-electron chi connectivity index (χ2n) is 5.24. The Hall–Kier alpha value is -0.990. The van der Waals surface area contributed by atoms with Gasteiger partial charge < -0.3 is 5.73 Å². The average molecular weight is 195 g/mol. The Balaban J connectivity index is 2.94. The van der Waals surface area contributed by atoms with Crippen LogP contribution in [0.5, 0.6) is 0 Å². The first kappa shape index (κ1) is 11.1. The van der Waals surface area contributed by atoms with E-state index in [2.05, 4.69) is 39.7 Å². The number of aromatic nitrogens is 2. The monoisotopic (exact) mass is 195 g/mol. The van der Waals surface area contributed by atoms with Gasteiger partial charge in [0, 0.05) is 6.20 Å². The van der Waals surface area contributed by atoms with Crippen LogP contribution < -0.4 is 5.73 Å². The number of nitrogens with zero attached hydrogens (tertiary/aromatic N) is 2. The Bertz CT molecular complexity index is 305. The lowest BCUT2D eigenvalue weighted by atomic mass is 10.1. The number of nitrogen functional groups attached to an aromatic ring is 1. The summed E-state index contributed by atoms with van der Waals surface area (Å²) in [5, 5.41) is 4.51. The maximum absolute atomic E-state index is 5.90. The van der Waals surface area contributed by atoms with Gasteiger partial charge in [-0.1, -0.05) is 13.8 Å². The number of rotatable bonds is 2. The van der Waals surface area contributed by atoms with Crippen molar-refractivity contribution < 1.29 is 0 Å². The molecule has 0 radical (unpaired) electrons. The molecule has 3 heteroatoms. The van der Waals surface area contributed by atoms with Crippen LogP contribution in [0.25, 0.3) is 0 Å². The summed E-state index contributed by atoms with van der Waals surface area (Å²) in [6.45, 7) is 10.7. The summed E-state index contributed by atoms with van der Waals surface area (Å²) in [6.07, 6.45) is 2.88. The Morgan fingerprint density at radius 2 is 2.00 bits per heavy atom. The van der Waals surface area contributed by atoms with Gasteiger partial charge in [0.1, 0.15) is 0 Å². The van der Waals surface area contributed by atoms with Crippen molar-refractivity contribution >= 4 is 5.69 Å². The van der Waals surface area contributed by atoms with Crippen molar-refractivity contribution in [2.24, 2.45) is 5.92 Å². The fourth-order valence-corrected chi connectivity index (χ4v) is 1.31. The van der Waals surface area contributed by atoms with Crippen molar-refractivity contribution in [1.29, 1.82) is 0 Å². The molecule has 0 saturated carbocycles. The summed E-state index contributed by atoms with van der Waals surface area (Å²) in [4.78, 5) is 0. The molecule has 0 aromatic carbocycles. The molecule has 0 aliphatic rings. The zero-order chi connectivity index (χ0) is 10.9. The SMILES string of the molecule is CC(C)Cc1nn(C(C)(C)C)cc1N. The molecular weight excluding hydrogens is 174 g/mol. The Morgan fingerprint density at radius 3 is 2.36 bits per heavy atom. The molecule has 2 N–H and O–H groups in total. The maximum Gasteiger partial charge on any atom is 0.0856 e. The molecule has 14 heavy (non-hydrogen) atoms. The first-order chi connectivity index (χ1) is 6.30. The van der Waals surface area contributed by atoms with E-state index in [-0.39, 0.29) is 5.54 Å². The lowest BCUT2D eigenvalue weighted by Gasteiger charge is -2.18. The number of hydrogen-bond donors (Lipinski definition) is 1. The molecular formula is C11H21N3. The van der Waals surface area contributed by atoms with Crippen LogP contribution in [0, 0.1) is 5.92 Å². The predicted octanol–water partition coefficient (Wildman–Crippen LogP) is 2.42. The van der Waals surface area contributed by atoms with Gasteiger partial charge in [0.15, 0.2) is 0 Å². The highest BCUT2D eigenvalue weighted by atomic mass is 15.3. The van der Waals surface area contributed by atoms with Gasteiger partial charge in [0.2, 0.25) is 0 Å². The van der Waals surface area contributed by atoms with E-state index in [9.17, 15) is 0 Å². The van der Waals surface area contributed by atoms with Crippen molar-refractivity contribution in [2.75, 3.05) is 5.73 Å². The van der Waals surface area contributed by atoms with E-state index in [0.29, 0.717) is 5.92 Å². The van der Waals surface area contributed by atoms with Crippen molar-refractivity contribution in [3.8, 4) is 0 Å². The molecule has 0 atom stereocenters. The molecule has 0 aliphatic carbocycles.